The summed E-state index contributed by atoms with van der Waals surface area (Å²) in [6.07, 6.45) is 0. The molecule has 7 nitrogen and oxygen atoms in total. The number of carbonyl (C=O) groups is 1. The standard InChI is InChI=1S/C26H26FN3O4S/c1-18-25(21-7-3-5-9-23(21)30(18)17-19-11-13-20(27)14-12-19)35(32,33)16-15-28-26(31)29-22-8-4-6-10-24(22)34-2/h3-14H,15-17H2,1-2H3,(H2,28,29,31). The lowest BCUT2D eigenvalue weighted by Crippen LogP contribution is -2.33. The van der Waals surface area contributed by atoms with Crippen LogP contribution in [0, 0.1) is 12.7 Å². The number of rotatable bonds is 8. The number of ether oxygens (including phenoxy) is 1. The highest BCUT2D eigenvalue weighted by Gasteiger charge is 2.25. The van der Waals surface area contributed by atoms with Gasteiger partial charge < -0.3 is 19.9 Å². The van der Waals surface area contributed by atoms with Gasteiger partial charge >= 0.3 is 6.03 Å². The summed E-state index contributed by atoms with van der Waals surface area (Å²) in [6, 6.07) is 19.8. The Hall–Kier alpha value is -3.85. The van der Waals surface area contributed by atoms with Crippen molar-refractivity contribution in [2.45, 2.75) is 18.4 Å². The molecule has 0 saturated heterocycles. The molecule has 0 spiro atoms. The number of fused-ring (bicyclic) bond motifs is 1. The third-order valence-corrected chi connectivity index (χ3v) is 7.63. The average Bonchev–Trinajstić information content (AvgIpc) is 3.12. The average molecular weight is 496 g/mol. The maximum atomic E-state index is 13.4. The van der Waals surface area contributed by atoms with Crippen molar-refractivity contribution in [3.63, 3.8) is 0 Å². The molecule has 1 heterocycles. The minimum absolute atomic E-state index is 0.0692. The Morgan fingerprint density at radius 2 is 1.69 bits per heavy atom. The van der Waals surface area contributed by atoms with Gasteiger partial charge in [-0.3, -0.25) is 0 Å². The molecule has 2 amide bonds. The van der Waals surface area contributed by atoms with Gasteiger partial charge in [0.25, 0.3) is 0 Å². The van der Waals surface area contributed by atoms with E-state index >= 15 is 0 Å². The summed E-state index contributed by atoms with van der Waals surface area (Å²) in [4.78, 5) is 12.5. The fraction of sp³-hybridized carbons (Fsp3) is 0.192. The number of hydrogen-bond donors (Lipinski definition) is 2. The van der Waals surface area contributed by atoms with Crippen molar-refractivity contribution in [1.29, 1.82) is 0 Å². The smallest absolute Gasteiger partial charge is 0.319 e. The van der Waals surface area contributed by atoms with Gasteiger partial charge in [-0.1, -0.05) is 42.5 Å². The lowest BCUT2D eigenvalue weighted by Gasteiger charge is -2.11. The number of aromatic nitrogens is 1. The summed E-state index contributed by atoms with van der Waals surface area (Å²) >= 11 is 0. The van der Waals surface area contributed by atoms with Gasteiger partial charge in [-0.05, 0) is 42.8 Å². The van der Waals surface area contributed by atoms with Crippen molar-refractivity contribution in [2.75, 3.05) is 24.7 Å². The Morgan fingerprint density at radius 3 is 2.43 bits per heavy atom. The topological polar surface area (TPSA) is 89.4 Å². The van der Waals surface area contributed by atoms with Crippen molar-refractivity contribution in [3.8, 4) is 5.75 Å². The molecule has 182 valence electrons. The SMILES string of the molecule is COc1ccccc1NC(=O)NCCS(=O)(=O)c1c(C)n(Cc2ccc(F)cc2)c2ccccc12. The molecule has 0 aliphatic heterocycles. The molecule has 9 heteroatoms. The number of anilines is 1. The van der Waals surface area contributed by atoms with E-state index in [1.165, 1.54) is 19.2 Å². The zero-order chi connectivity index (χ0) is 25.0. The van der Waals surface area contributed by atoms with Crippen LogP contribution in [0.1, 0.15) is 11.3 Å². The van der Waals surface area contributed by atoms with Gasteiger partial charge in [0.05, 0.1) is 23.4 Å². The predicted molar refractivity (Wildman–Crippen MR) is 134 cm³/mol. The lowest BCUT2D eigenvalue weighted by molar-refractivity contribution is 0.252. The minimum atomic E-state index is -3.73. The molecule has 1 aromatic heterocycles. The Balaban J connectivity index is 1.52. The molecule has 2 N–H and O–H groups in total. The number of para-hydroxylation sites is 3. The van der Waals surface area contributed by atoms with Gasteiger partial charge in [-0.25, -0.2) is 17.6 Å². The summed E-state index contributed by atoms with van der Waals surface area (Å²) in [5, 5.41) is 5.88. The third kappa shape index (κ3) is 5.30. The van der Waals surface area contributed by atoms with E-state index in [0.29, 0.717) is 29.1 Å². The van der Waals surface area contributed by atoms with Gasteiger partial charge in [0, 0.05) is 29.7 Å². The number of urea groups is 1. The van der Waals surface area contributed by atoms with E-state index in [1.54, 1.807) is 55.5 Å². The van der Waals surface area contributed by atoms with Crippen molar-refractivity contribution >= 4 is 32.5 Å². The molecular formula is C26H26FN3O4S. The fourth-order valence-electron chi connectivity index (χ4n) is 4.08. The Labute approximate surface area is 203 Å². The molecule has 35 heavy (non-hydrogen) atoms. The molecule has 3 aromatic carbocycles. The van der Waals surface area contributed by atoms with E-state index in [1.807, 2.05) is 16.7 Å². The molecular weight excluding hydrogens is 469 g/mol. The number of amides is 2. The minimum Gasteiger partial charge on any atom is -0.495 e. The van der Waals surface area contributed by atoms with E-state index < -0.39 is 15.9 Å². The van der Waals surface area contributed by atoms with Crippen LogP contribution in [-0.2, 0) is 16.4 Å². The molecule has 0 bridgehead atoms. The van der Waals surface area contributed by atoms with E-state index in [2.05, 4.69) is 10.6 Å². The number of sulfone groups is 1. The van der Waals surface area contributed by atoms with E-state index in [-0.39, 0.29) is 23.0 Å². The second-order valence-corrected chi connectivity index (χ2v) is 10.1. The summed E-state index contributed by atoms with van der Waals surface area (Å²) < 4.78 is 47.2. The van der Waals surface area contributed by atoms with Crippen LogP contribution in [-0.4, -0.2) is 38.4 Å². The van der Waals surface area contributed by atoms with Crippen molar-refractivity contribution in [2.24, 2.45) is 0 Å². The molecule has 0 aliphatic carbocycles. The first kappa shape index (κ1) is 24.3. The second kappa shape index (κ2) is 10.2. The second-order valence-electron chi connectivity index (χ2n) is 8.04. The quantitative estimate of drug-likeness (QED) is 0.370. The lowest BCUT2D eigenvalue weighted by atomic mass is 10.2. The van der Waals surface area contributed by atoms with Crippen LogP contribution in [0.2, 0.25) is 0 Å². The summed E-state index contributed by atoms with van der Waals surface area (Å²) in [7, 11) is -2.23. The van der Waals surface area contributed by atoms with Gasteiger partial charge in [0.2, 0.25) is 0 Å². The fourth-order valence-corrected chi connectivity index (χ4v) is 5.73. The van der Waals surface area contributed by atoms with Crippen LogP contribution in [0.5, 0.6) is 5.75 Å². The van der Waals surface area contributed by atoms with Gasteiger partial charge in [-0.15, -0.1) is 0 Å². The van der Waals surface area contributed by atoms with Crippen LogP contribution in [0.25, 0.3) is 10.9 Å². The van der Waals surface area contributed by atoms with Crippen molar-refractivity contribution in [3.05, 3.63) is 89.9 Å². The van der Waals surface area contributed by atoms with Gasteiger partial charge in [0.15, 0.2) is 9.84 Å². The highest BCUT2D eigenvalue weighted by molar-refractivity contribution is 7.91. The molecule has 0 atom stereocenters. The summed E-state index contributed by atoms with van der Waals surface area (Å²) in [5.74, 6) is -0.0919. The molecule has 0 unspecified atom stereocenters. The summed E-state index contributed by atoms with van der Waals surface area (Å²) in [5.41, 5.74) is 2.70. The zero-order valence-electron chi connectivity index (χ0n) is 19.4. The zero-order valence-corrected chi connectivity index (χ0v) is 20.2. The highest BCUT2D eigenvalue weighted by atomic mass is 32.2. The first-order valence-corrected chi connectivity index (χ1v) is 12.7. The highest BCUT2D eigenvalue weighted by Crippen LogP contribution is 2.31. The molecule has 0 saturated carbocycles. The van der Waals surface area contributed by atoms with Crippen LogP contribution in [0.4, 0.5) is 14.9 Å². The third-order valence-electron chi connectivity index (χ3n) is 5.75. The maximum Gasteiger partial charge on any atom is 0.319 e. The molecule has 4 aromatic rings. The maximum absolute atomic E-state index is 13.4. The van der Waals surface area contributed by atoms with Crippen molar-refractivity contribution < 1.29 is 22.3 Å². The number of methoxy groups -OCH3 is 1. The Bertz CT molecular complexity index is 1460. The van der Waals surface area contributed by atoms with Crippen molar-refractivity contribution in [1.82, 2.24) is 9.88 Å². The van der Waals surface area contributed by atoms with Crippen LogP contribution >= 0.6 is 0 Å². The van der Waals surface area contributed by atoms with Crippen LogP contribution in [0.15, 0.2) is 77.7 Å². The number of halogens is 1. The van der Waals surface area contributed by atoms with E-state index in [0.717, 1.165) is 11.1 Å². The molecule has 4 rings (SSSR count). The normalized spacial score (nSPS) is 11.4. The molecule has 0 aliphatic rings. The molecule has 0 fully saturated rings. The number of benzene rings is 3. The first-order valence-electron chi connectivity index (χ1n) is 11.0. The summed E-state index contributed by atoms with van der Waals surface area (Å²) in [6.45, 7) is 2.10. The number of carbonyl (C=O) groups excluding carboxylic acids is 1. The Morgan fingerprint density at radius 1 is 1.00 bits per heavy atom. The molecule has 0 radical (unpaired) electrons. The Kier molecular flexibility index (Phi) is 7.07. The number of hydrogen-bond acceptors (Lipinski definition) is 4. The van der Waals surface area contributed by atoms with Gasteiger partial charge in [-0.2, -0.15) is 0 Å². The van der Waals surface area contributed by atoms with E-state index in [4.69, 9.17) is 4.74 Å². The number of nitrogens with zero attached hydrogens (tertiary/aromatic N) is 1. The largest absolute Gasteiger partial charge is 0.495 e. The van der Waals surface area contributed by atoms with E-state index in [9.17, 15) is 17.6 Å². The predicted octanol–water partition coefficient (Wildman–Crippen LogP) is 4.74. The number of nitrogens with one attached hydrogen (secondary N) is 2. The van der Waals surface area contributed by atoms with Crippen LogP contribution < -0.4 is 15.4 Å². The first-order chi connectivity index (χ1) is 16.8. The van der Waals surface area contributed by atoms with Crippen LogP contribution in [0.3, 0.4) is 0 Å². The van der Waals surface area contributed by atoms with Gasteiger partial charge in [0.1, 0.15) is 11.6 Å². The monoisotopic (exact) mass is 495 g/mol.